The molecule has 4 rings (SSSR count). The molecule has 0 spiro atoms. The van der Waals surface area contributed by atoms with Gasteiger partial charge in [0.05, 0.1) is 0 Å². The van der Waals surface area contributed by atoms with Gasteiger partial charge in [-0.05, 0) is 24.6 Å². The van der Waals surface area contributed by atoms with Crippen molar-refractivity contribution in [2.24, 2.45) is 5.92 Å². The van der Waals surface area contributed by atoms with Crippen LogP contribution >= 0.6 is 24.8 Å². The number of benzene rings is 1. The molecular formula is C26H34Cl2OSiZr. The molecule has 0 radical (unpaired) electrons. The first kappa shape index (κ1) is 30.3. The first-order chi connectivity index (χ1) is 13.6. The van der Waals surface area contributed by atoms with E-state index in [0.717, 1.165) is 11.5 Å². The van der Waals surface area contributed by atoms with E-state index in [0.29, 0.717) is 5.92 Å². The number of allylic oxidation sites excluding steroid dienone is 4. The molecule has 0 bridgehead atoms. The topological polar surface area (TPSA) is 13.1 Å². The van der Waals surface area contributed by atoms with Crippen LogP contribution in [0, 0.1) is 25.8 Å². The van der Waals surface area contributed by atoms with Crippen molar-refractivity contribution >= 4 is 41.0 Å². The predicted octanol–water partition coefficient (Wildman–Crippen LogP) is 8.79. The zero-order chi connectivity index (χ0) is 21.7. The molecule has 0 amide bonds. The summed E-state index contributed by atoms with van der Waals surface area (Å²) in [6, 6.07) is 14.8. The maximum absolute atomic E-state index is 5.69. The fourth-order valence-corrected chi connectivity index (χ4v) is 3.34. The molecule has 1 aliphatic rings. The summed E-state index contributed by atoms with van der Waals surface area (Å²) in [5.74, 6) is 2.47. The Hall–Kier alpha value is -0.730. The van der Waals surface area contributed by atoms with Crippen LogP contribution in [0.25, 0.3) is 22.1 Å². The van der Waals surface area contributed by atoms with Gasteiger partial charge in [-0.1, -0.05) is 39.7 Å². The molecule has 1 aliphatic carbocycles. The minimum Gasteiger partial charge on any atom is -0.462 e. The van der Waals surface area contributed by atoms with Gasteiger partial charge in [-0.3, -0.25) is 6.08 Å². The van der Waals surface area contributed by atoms with Gasteiger partial charge in [0.2, 0.25) is 0 Å². The van der Waals surface area contributed by atoms with Gasteiger partial charge >= 0.3 is 41.9 Å². The quantitative estimate of drug-likeness (QED) is 0.217. The maximum Gasteiger partial charge on any atom is 0.124 e. The van der Waals surface area contributed by atoms with E-state index in [1.165, 1.54) is 38.6 Å². The first-order valence-corrected chi connectivity index (χ1v) is 16.3. The number of furan rings is 1. The molecule has 166 valence electrons. The molecule has 0 N–H and O–H groups in total. The van der Waals surface area contributed by atoms with Crippen LogP contribution in [-0.2, 0) is 23.3 Å². The summed E-state index contributed by atoms with van der Waals surface area (Å²) in [6.45, 7) is 17.4. The van der Waals surface area contributed by atoms with Crippen molar-refractivity contribution in [3.8, 4) is 11.3 Å². The van der Waals surface area contributed by atoms with E-state index in [9.17, 15) is 0 Å². The van der Waals surface area contributed by atoms with E-state index in [2.05, 4.69) is 84.1 Å². The van der Waals surface area contributed by atoms with Gasteiger partial charge in [0.1, 0.15) is 11.5 Å². The van der Waals surface area contributed by atoms with Crippen LogP contribution in [0.15, 0.2) is 63.6 Å². The average molecular weight is 553 g/mol. The molecule has 2 aromatic carbocycles. The third-order valence-corrected chi connectivity index (χ3v) is 5.14. The number of hydrogen-bond acceptors (Lipinski definition) is 1. The van der Waals surface area contributed by atoms with E-state index in [1.54, 1.807) is 23.3 Å². The summed E-state index contributed by atoms with van der Waals surface area (Å²) in [6.07, 6.45) is 3.36. The number of rotatable bonds is 1. The van der Waals surface area contributed by atoms with Crippen LogP contribution in [0.3, 0.4) is 0 Å². The molecule has 1 aromatic heterocycles. The molecule has 3 aromatic rings. The smallest absolute Gasteiger partial charge is 0.124 e. The molecule has 5 heteroatoms. The normalized spacial score (nSPS) is 14.5. The van der Waals surface area contributed by atoms with Gasteiger partial charge in [0.15, 0.2) is 0 Å². The van der Waals surface area contributed by atoms with Gasteiger partial charge in [-0.25, -0.2) is 5.57 Å². The molecule has 31 heavy (non-hydrogen) atoms. The standard InChI is InChI=1S/C15H13O.C9H13.C2H6Si.2ClH.Zr/c1-10-8-12-4-3-5-13(14(12)9-10)15-7-6-11(2)16-15;1-6-5-7(2)9(4)8(6)3;1-3-2;;;/h3-9H,1-2H3;6H,1-4H3;1-2H3;2*1H;/q2*-1;;;;+2. The third kappa shape index (κ3) is 8.61. The summed E-state index contributed by atoms with van der Waals surface area (Å²) in [5.41, 5.74) is 6.93. The molecule has 0 saturated heterocycles. The summed E-state index contributed by atoms with van der Waals surface area (Å²) < 4.78 is 5.69. The molecule has 0 saturated carbocycles. The summed E-state index contributed by atoms with van der Waals surface area (Å²) in [7, 11) is 0. The molecule has 1 nitrogen and oxygen atoms in total. The van der Waals surface area contributed by atoms with Gasteiger partial charge < -0.3 is 4.42 Å². The van der Waals surface area contributed by atoms with Gasteiger partial charge in [0.25, 0.3) is 0 Å². The number of aryl methyl sites for hydroxylation is 2. The molecule has 1 unspecified atom stereocenters. The first-order valence-electron chi connectivity index (χ1n) is 10.1. The minimum absolute atomic E-state index is 0. The van der Waals surface area contributed by atoms with Gasteiger partial charge in [0, 0.05) is 0 Å². The Bertz CT molecular complexity index is 1070. The van der Waals surface area contributed by atoms with Gasteiger partial charge in [-0.15, -0.1) is 66.3 Å². The van der Waals surface area contributed by atoms with Crippen molar-refractivity contribution in [2.75, 3.05) is 0 Å². The zero-order valence-electron chi connectivity index (χ0n) is 19.8. The Kier molecular flexibility index (Phi) is 13.4. The molecular weight excluding hydrogens is 519 g/mol. The summed E-state index contributed by atoms with van der Waals surface area (Å²) in [4.78, 5) is 0. The van der Waals surface area contributed by atoms with Crippen molar-refractivity contribution in [1.29, 1.82) is 0 Å². The van der Waals surface area contributed by atoms with Crippen LogP contribution in [0.1, 0.15) is 39.0 Å². The summed E-state index contributed by atoms with van der Waals surface area (Å²) >= 11 is 1.74. The fraction of sp³-hybridized carbons (Fsp3) is 0.346. The van der Waals surface area contributed by atoms with Crippen LogP contribution in [0.5, 0.6) is 0 Å². The zero-order valence-corrected chi connectivity index (χ0v) is 24.9. The monoisotopic (exact) mass is 550 g/mol. The number of hydrogen-bond donors (Lipinski definition) is 0. The van der Waals surface area contributed by atoms with Crippen molar-refractivity contribution in [1.82, 2.24) is 0 Å². The molecule has 0 aliphatic heterocycles. The number of fused-ring (bicyclic) bond motifs is 1. The van der Waals surface area contributed by atoms with Gasteiger partial charge in [-0.2, -0.15) is 17.2 Å². The second-order valence-electron chi connectivity index (χ2n) is 8.05. The van der Waals surface area contributed by atoms with Crippen LogP contribution < -0.4 is 0 Å². The van der Waals surface area contributed by atoms with Crippen molar-refractivity contribution < 1.29 is 27.8 Å². The third-order valence-electron chi connectivity index (χ3n) is 5.14. The van der Waals surface area contributed by atoms with Crippen LogP contribution in [-0.4, -0.2) is 5.43 Å². The average Bonchev–Trinajstić information content (AvgIpc) is 3.29. The largest absolute Gasteiger partial charge is 0.462 e. The van der Waals surface area contributed by atoms with E-state index >= 15 is 0 Å². The van der Waals surface area contributed by atoms with Crippen LogP contribution in [0.2, 0.25) is 13.1 Å². The number of halogens is 2. The Morgan fingerprint density at radius 2 is 1.61 bits per heavy atom. The van der Waals surface area contributed by atoms with E-state index in [-0.39, 0.29) is 30.2 Å². The van der Waals surface area contributed by atoms with E-state index in [4.69, 9.17) is 4.42 Å². The molecule has 1 heterocycles. The summed E-state index contributed by atoms with van der Waals surface area (Å²) in [5, 5.41) is 2.55. The Balaban J connectivity index is 0.000000516. The van der Waals surface area contributed by atoms with E-state index < -0.39 is 0 Å². The molecule has 1 atom stereocenters. The predicted molar refractivity (Wildman–Crippen MR) is 139 cm³/mol. The van der Waals surface area contributed by atoms with Crippen molar-refractivity contribution in [2.45, 2.75) is 54.6 Å². The maximum atomic E-state index is 5.69. The molecule has 0 fully saturated rings. The minimum atomic E-state index is 0. The fourth-order valence-electron chi connectivity index (χ4n) is 3.34. The second-order valence-corrected chi connectivity index (χ2v) is 17.4. The Morgan fingerprint density at radius 1 is 1.00 bits per heavy atom. The van der Waals surface area contributed by atoms with Crippen molar-refractivity contribution in [3.05, 3.63) is 76.6 Å². The Labute approximate surface area is 215 Å². The van der Waals surface area contributed by atoms with E-state index in [1.807, 2.05) is 19.1 Å². The van der Waals surface area contributed by atoms with Crippen molar-refractivity contribution in [3.63, 3.8) is 0 Å². The van der Waals surface area contributed by atoms with Crippen LogP contribution in [0.4, 0.5) is 0 Å². The Morgan fingerprint density at radius 3 is 2.03 bits per heavy atom. The SMILES string of the molecule is CC1=[C-]C(C)C(C)=C1C.C[Si](C)=[Zr+2].Cc1cc2c(-c3ccc(C)o3)cccc2[cH-]1.Cl.Cl. The second kappa shape index (κ2) is 13.7.